The summed E-state index contributed by atoms with van der Waals surface area (Å²) in [6.45, 7) is 12.8. The number of esters is 1. The molecule has 0 spiro atoms. The summed E-state index contributed by atoms with van der Waals surface area (Å²) in [4.78, 5) is 12.2. The molecule has 1 aliphatic carbocycles. The van der Waals surface area contributed by atoms with E-state index < -0.39 is 11.6 Å². The number of ether oxygens (including phenoxy) is 1. The second-order valence-electron chi connectivity index (χ2n) is 10.1. The fourth-order valence-corrected chi connectivity index (χ4v) is 3.25. The summed E-state index contributed by atoms with van der Waals surface area (Å²) >= 11 is 0. The molecule has 4 heteroatoms. The van der Waals surface area contributed by atoms with Gasteiger partial charge in [0.25, 0.3) is 0 Å². The Morgan fingerprint density at radius 3 is 2.31 bits per heavy atom. The minimum atomic E-state index is -0.568. The first kappa shape index (κ1) is 21.2. The SMILES string of the molecule is CC(C)(C)OC(=O)c1ccc(NCc2cc(C3CC3)cc(C(C)(C)C)c2)c(O)c1. The van der Waals surface area contributed by atoms with Gasteiger partial charge in [0, 0.05) is 6.54 Å². The average molecular weight is 396 g/mol. The minimum Gasteiger partial charge on any atom is -0.506 e. The molecule has 2 aromatic rings. The lowest BCUT2D eigenvalue weighted by atomic mass is 9.84. The fourth-order valence-electron chi connectivity index (χ4n) is 3.25. The highest BCUT2D eigenvalue weighted by molar-refractivity contribution is 5.91. The molecule has 0 heterocycles. The zero-order valence-corrected chi connectivity index (χ0v) is 18.4. The van der Waals surface area contributed by atoms with Crippen LogP contribution in [0.2, 0.25) is 0 Å². The largest absolute Gasteiger partial charge is 0.506 e. The monoisotopic (exact) mass is 395 g/mol. The van der Waals surface area contributed by atoms with Crippen LogP contribution in [0.25, 0.3) is 0 Å². The Morgan fingerprint density at radius 2 is 1.76 bits per heavy atom. The van der Waals surface area contributed by atoms with Crippen LogP contribution in [0.4, 0.5) is 5.69 Å². The Hall–Kier alpha value is -2.49. The second-order valence-corrected chi connectivity index (χ2v) is 10.1. The van der Waals surface area contributed by atoms with E-state index in [1.54, 1.807) is 12.1 Å². The van der Waals surface area contributed by atoms with Crippen LogP contribution in [0.15, 0.2) is 36.4 Å². The molecule has 3 rings (SSSR count). The second kappa shape index (κ2) is 7.74. The number of carbonyl (C=O) groups is 1. The smallest absolute Gasteiger partial charge is 0.338 e. The Morgan fingerprint density at radius 1 is 1.07 bits per heavy atom. The number of aromatic hydroxyl groups is 1. The first-order valence-corrected chi connectivity index (χ1v) is 10.4. The predicted molar refractivity (Wildman–Crippen MR) is 118 cm³/mol. The van der Waals surface area contributed by atoms with Crippen LogP contribution in [-0.4, -0.2) is 16.7 Å². The van der Waals surface area contributed by atoms with Crippen molar-refractivity contribution in [1.82, 2.24) is 0 Å². The van der Waals surface area contributed by atoms with E-state index in [4.69, 9.17) is 4.74 Å². The molecule has 1 fully saturated rings. The van der Waals surface area contributed by atoms with E-state index >= 15 is 0 Å². The highest BCUT2D eigenvalue weighted by Gasteiger charge is 2.26. The molecule has 0 bridgehead atoms. The highest BCUT2D eigenvalue weighted by Crippen LogP contribution is 2.42. The Bertz CT molecular complexity index is 899. The van der Waals surface area contributed by atoms with Crippen LogP contribution in [0.5, 0.6) is 5.75 Å². The number of carbonyl (C=O) groups excluding carboxylic acids is 1. The van der Waals surface area contributed by atoms with E-state index in [1.807, 2.05) is 20.8 Å². The number of phenolic OH excluding ortho intramolecular Hbond substituents is 1. The van der Waals surface area contributed by atoms with Gasteiger partial charge in [-0.2, -0.15) is 0 Å². The van der Waals surface area contributed by atoms with Crippen molar-refractivity contribution in [2.24, 2.45) is 0 Å². The summed E-state index contributed by atoms with van der Waals surface area (Å²) in [7, 11) is 0. The molecule has 156 valence electrons. The molecule has 4 nitrogen and oxygen atoms in total. The molecule has 2 aromatic carbocycles. The van der Waals surface area contributed by atoms with Crippen LogP contribution in [0, 0.1) is 0 Å². The lowest BCUT2D eigenvalue weighted by Gasteiger charge is -2.22. The van der Waals surface area contributed by atoms with Crippen LogP contribution in [0.3, 0.4) is 0 Å². The Balaban J connectivity index is 1.74. The maximum absolute atomic E-state index is 12.2. The first-order valence-electron chi connectivity index (χ1n) is 10.4. The van der Waals surface area contributed by atoms with E-state index in [-0.39, 0.29) is 11.2 Å². The van der Waals surface area contributed by atoms with Gasteiger partial charge < -0.3 is 15.2 Å². The Kier molecular flexibility index (Phi) is 5.66. The summed E-state index contributed by atoms with van der Waals surface area (Å²) in [5.74, 6) is 0.298. The molecule has 0 saturated heterocycles. The van der Waals surface area contributed by atoms with Crippen molar-refractivity contribution in [1.29, 1.82) is 0 Å². The molecule has 0 radical (unpaired) electrons. The van der Waals surface area contributed by atoms with E-state index in [0.29, 0.717) is 23.7 Å². The van der Waals surface area contributed by atoms with E-state index in [1.165, 1.54) is 35.6 Å². The van der Waals surface area contributed by atoms with Crippen LogP contribution < -0.4 is 5.32 Å². The predicted octanol–water partition coefficient (Wildman–Crippen LogP) is 6.13. The number of rotatable bonds is 5. The zero-order valence-electron chi connectivity index (χ0n) is 18.4. The first-order chi connectivity index (χ1) is 13.4. The average Bonchev–Trinajstić information content (AvgIpc) is 3.43. The van der Waals surface area contributed by atoms with Crippen molar-refractivity contribution in [3.05, 3.63) is 58.7 Å². The molecular formula is C25H33NO3. The van der Waals surface area contributed by atoms with Gasteiger partial charge in [-0.1, -0.05) is 39.0 Å². The quantitative estimate of drug-likeness (QED) is 0.472. The van der Waals surface area contributed by atoms with Gasteiger partial charge in [-0.3, -0.25) is 0 Å². The van der Waals surface area contributed by atoms with Gasteiger partial charge in [0.2, 0.25) is 0 Å². The van der Waals surface area contributed by atoms with Gasteiger partial charge in [-0.05, 0) is 79.8 Å². The molecule has 0 aromatic heterocycles. The lowest BCUT2D eigenvalue weighted by molar-refractivity contribution is 0.00691. The minimum absolute atomic E-state index is 0.0442. The maximum atomic E-state index is 12.2. The van der Waals surface area contributed by atoms with Crippen molar-refractivity contribution in [3.63, 3.8) is 0 Å². The van der Waals surface area contributed by atoms with Gasteiger partial charge in [0.05, 0.1) is 11.3 Å². The maximum Gasteiger partial charge on any atom is 0.338 e. The highest BCUT2D eigenvalue weighted by atomic mass is 16.6. The van der Waals surface area contributed by atoms with Crippen molar-refractivity contribution in [3.8, 4) is 5.75 Å². The number of nitrogens with one attached hydrogen (secondary N) is 1. The third-order valence-corrected chi connectivity index (χ3v) is 5.05. The van der Waals surface area contributed by atoms with Crippen molar-refractivity contribution < 1.29 is 14.6 Å². The van der Waals surface area contributed by atoms with Crippen molar-refractivity contribution >= 4 is 11.7 Å². The summed E-state index contributed by atoms with van der Waals surface area (Å²) in [6, 6.07) is 11.7. The third kappa shape index (κ3) is 5.75. The summed E-state index contributed by atoms with van der Waals surface area (Å²) in [6.07, 6.45) is 2.54. The third-order valence-electron chi connectivity index (χ3n) is 5.05. The molecule has 0 atom stereocenters. The fraction of sp³-hybridized carbons (Fsp3) is 0.480. The molecule has 0 aliphatic heterocycles. The number of benzene rings is 2. The zero-order chi connectivity index (χ0) is 21.4. The normalized spacial score (nSPS) is 14.6. The van der Waals surface area contributed by atoms with Crippen LogP contribution in [0.1, 0.15) is 87.4 Å². The van der Waals surface area contributed by atoms with Gasteiger partial charge in [-0.25, -0.2) is 4.79 Å². The molecule has 2 N–H and O–H groups in total. The van der Waals surface area contributed by atoms with E-state index in [2.05, 4.69) is 44.3 Å². The summed E-state index contributed by atoms with van der Waals surface area (Å²) < 4.78 is 5.36. The number of phenols is 1. The van der Waals surface area contributed by atoms with Crippen molar-refractivity contribution in [2.75, 3.05) is 5.32 Å². The summed E-state index contributed by atoms with van der Waals surface area (Å²) in [5, 5.41) is 13.7. The summed E-state index contributed by atoms with van der Waals surface area (Å²) in [5.41, 5.74) is 4.43. The van der Waals surface area contributed by atoms with Crippen LogP contribution in [-0.2, 0) is 16.7 Å². The Labute approximate surface area is 174 Å². The number of anilines is 1. The molecule has 1 aliphatic rings. The molecular weight excluding hydrogens is 362 g/mol. The van der Waals surface area contributed by atoms with E-state index in [0.717, 1.165) is 0 Å². The molecule has 0 unspecified atom stereocenters. The molecule has 0 amide bonds. The topological polar surface area (TPSA) is 58.6 Å². The van der Waals surface area contributed by atoms with Crippen molar-refractivity contribution in [2.45, 2.75) is 77.9 Å². The van der Waals surface area contributed by atoms with E-state index in [9.17, 15) is 9.90 Å². The van der Waals surface area contributed by atoms with Gasteiger partial charge in [-0.15, -0.1) is 0 Å². The van der Waals surface area contributed by atoms with Gasteiger partial charge in [0.15, 0.2) is 0 Å². The lowest BCUT2D eigenvalue weighted by Crippen LogP contribution is -2.23. The molecule has 29 heavy (non-hydrogen) atoms. The number of hydrogen-bond acceptors (Lipinski definition) is 4. The standard InChI is InChI=1S/C25H33NO3/c1-24(2,3)20-12-16(11-19(13-20)17-7-8-17)15-26-21-10-9-18(14-22(21)27)23(28)29-25(4,5)6/h9-14,17,26-27H,7-8,15H2,1-6H3. The van der Waals surface area contributed by atoms with Crippen LogP contribution >= 0.6 is 0 Å². The number of hydrogen-bond donors (Lipinski definition) is 2. The molecule has 1 saturated carbocycles. The van der Waals surface area contributed by atoms with Gasteiger partial charge in [0.1, 0.15) is 11.4 Å². The van der Waals surface area contributed by atoms with Gasteiger partial charge >= 0.3 is 5.97 Å².